The third-order valence-corrected chi connectivity index (χ3v) is 6.13. The van der Waals surface area contributed by atoms with Crippen molar-refractivity contribution < 1.29 is 9.53 Å². The molecule has 5 aromatic rings. The molecule has 144 valence electrons. The molecule has 0 saturated heterocycles. The molecule has 0 radical (unpaired) electrons. The molecule has 1 amide bonds. The van der Waals surface area contributed by atoms with Crippen molar-refractivity contribution in [1.82, 2.24) is 25.2 Å². The number of aromatic nitrogens is 5. The van der Waals surface area contributed by atoms with Crippen LogP contribution < -0.4 is 10.1 Å². The number of anilines is 1. The van der Waals surface area contributed by atoms with Crippen LogP contribution in [0.2, 0.25) is 0 Å². The summed E-state index contributed by atoms with van der Waals surface area (Å²) < 4.78 is 9.54. The Hall–Kier alpha value is -3.37. The van der Waals surface area contributed by atoms with Gasteiger partial charge in [-0.3, -0.25) is 4.79 Å². The van der Waals surface area contributed by atoms with Gasteiger partial charge in [-0.25, -0.2) is 9.67 Å². The van der Waals surface area contributed by atoms with E-state index < -0.39 is 0 Å². The zero-order valence-corrected chi connectivity index (χ0v) is 16.8. The number of nitrogens with one attached hydrogen (secondary N) is 1. The lowest BCUT2D eigenvalue weighted by Gasteiger charge is -2.09. The number of aryl methyl sites for hydroxylation is 1. The van der Waals surface area contributed by atoms with Crippen LogP contribution in [-0.4, -0.2) is 37.7 Å². The van der Waals surface area contributed by atoms with Crippen LogP contribution in [0.1, 0.15) is 5.01 Å². The lowest BCUT2D eigenvalue weighted by Crippen LogP contribution is -2.20. The highest BCUT2D eigenvalue weighted by atomic mass is 32.1. The van der Waals surface area contributed by atoms with Crippen LogP contribution in [0.15, 0.2) is 48.1 Å². The van der Waals surface area contributed by atoms with Crippen molar-refractivity contribution in [3.8, 4) is 11.4 Å². The van der Waals surface area contributed by atoms with Crippen LogP contribution in [0.5, 0.6) is 5.75 Å². The first kappa shape index (κ1) is 17.7. The van der Waals surface area contributed by atoms with Gasteiger partial charge in [-0.2, -0.15) is 0 Å². The first-order valence-electron chi connectivity index (χ1n) is 8.71. The van der Waals surface area contributed by atoms with Gasteiger partial charge >= 0.3 is 0 Å². The van der Waals surface area contributed by atoms with Crippen LogP contribution in [0, 0.1) is 6.92 Å². The highest BCUT2D eigenvalue weighted by molar-refractivity contribution is 7.21. The van der Waals surface area contributed by atoms with E-state index in [1.54, 1.807) is 34.8 Å². The lowest BCUT2D eigenvalue weighted by molar-refractivity contribution is -0.118. The first-order chi connectivity index (χ1) is 14.2. The molecule has 29 heavy (non-hydrogen) atoms. The molecule has 2 aromatic carbocycles. The Morgan fingerprint density at radius 1 is 1.24 bits per heavy atom. The van der Waals surface area contributed by atoms with E-state index >= 15 is 0 Å². The van der Waals surface area contributed by atoms with Gasteiger partial charge in [0.1, 0.15) is 12.1 Å². The highest BCUT2D eigenvalue weighted by Gasteiger charge is 2.14. The zero-order chi connectivity index (χ0) is 19.8. The van der Waals surface area contributed by atoms with Gasteiger partial charge in [-0.1, -0.05) is 0 Å². The molecule has 10 heteroatoms. The molecule has 0 atom stereocenters. The normalized spacial score (nSPS) is 11.2. The second-order valence-electron chi connectivity index (χ2n) is 6.26. The molecular formula is C19H14N6O2S2. The summed E-state index contributed by atoms with van der Waals surface area (Å²) in [6, 6.07) is 11.2. The summed E-state index contributed by atoms with van der Waals surface area (Å²) in [7, 11) is 0. The molecule has 0 aliphatic carbocycles. The van der Waals surface area contributed by atoms with E-state index in [1.807, 2.05) is 36.6 Å². The maximum absolute atomic E-state index is 12.4. The van der Waals surface area contributed by atoms with Crippen molar-refractivity contribution >= 4 is 54.6 Å². The fourth-order valence-electron chi connectivity index (χ4n) is 3.02. The van der Waals surface area contributed by atoms with Gasteiger partial charge in [0.2, 0.25) is 0 Å². The summed E-state index contributed by atoms with van der Waals surface area (Å²) >= 11 is 3.25. The van der Waals surface area contributed by atoms with Crippen molar-refractivity contribution in [2.45, 2.75) is 6.92 Å². The van der Waals surface area contributed by atoms with Gasteiger partial charge in [0.05, 0.1) is 25.6 Å². The average Bonchev–Trinajstić information content (AvgIpc) is 3.46. The topological polar surface area (TPSA) is 94.8 Å². The van der Waals surface area contributed by atoms with Gasteiger partial charge in [0.25, 0.3) is 5.91 Å². The number of ether oxygens (including phenoxy) is 1. The van der Waals surface area contributed by atoms with Crippen molar-refractivity contribution in [3.63, 3.8) is 0 Å². The highest BCUT2D eigenvalue weighted by Crippen LogP contribution is 2.38. The number of hydrogen-bond donors (Lipinski definition) is 1. The van der Waals surface area contributed by atoms with Crippen LogP contribution >= 0.6 is 22.7 Å². The summed E-state index contributed by atoms with van der Waals surface area (Å²) in [5.74, 6) is 0.464. The summed E-state index contributed by atoms with van der Waals surface area (Å²) in [6.07, 6.45) is 1.51. The number of hydrogen-bond acceptors (Lipinski definition) is 8. The molecule has 5 rings (SSSR count). The SMILES string of the molecule is Cc1nc2c(cc(OCC(=O)Nc3ccc(-n4cnnn4)cc3)c3ccsc32)s1. The molecule has 0 aliphatic rings. The number of rotatable bonds is 5. The third kappa shape index (κ3) is 3.43. The van der Waals surface area contributed by atoms with E-state index in [0.29, 0.717) is 11.4 Å². The van der Waals surface area contributed by atoms with Crippen LogP contribution in [0.4, 0.5) is 5.69 Å². The van der Waals surface area contributed by atoms with E-state index in [0.717, 1.165) is 31.0 Å². The molecular weight excluding hydrogens is 408 g/mol. The quantitative estimate of drug-likeness (QED) is 0.463. The summed E-state index contributed by atoms with van der Waals surface area (Å²) in [5.41, 5.74) is 2.47. The Balaban J connectivity index is 1.29. The smallest absolute Gasteiger partial charge is 0.262 e. The van der Waals surface area contributed by atoms with Gasteiger partial charge < -0.3 is 10.1 Å². The predicted octanol–water partition coefficient (Wildman–Crippen LogP) is 3.81. The van der Waals surface area contributed by atoms with E-state index in [9.17, 15) is 4.79 Å². The Labute approximate surface area is 172 Å². The molecule has 1 N–H and O–H groups in total. The van der Waals surface area contributed by atoms with Gasteiger partial charge in [0, 0.05) is 17.1 Å². The lowest BCUT2D eigenvalue weighted by atomic mass is 10.2. The van der Waals surface area contributed by atoms with Crippen LogP contribution in [0.25, 0.3) is 26.0 Å². The maximum atomic E-state index is 12.4. The van der Waals surface area contributed by atoms with Gasteiger partial charge in [-0.05, 0) is 53.1 Å². The molecule has 3 heterocycles. The minimum atomic E-state index is -0.232. The Bertz CT molecular complexity index is 1310. The molecule has 0 unspecified atom stereocenters. The molecule has 0 bridgehead atoms. The Morgan fingerprint density at radius 3 is 2.90 bits per heavy atom. The van der Waals surface area contributed by atoms with E-state index in [1.165, 1.54) is 11.0 Å². The molecule has 0 fully saturated rings. The maximum Gasteiger partial charge on any atom is 0.262 e. The number of thiophene rings is 1. The fourth-order valence-corrected chi connectivity index (χ4v) is 4.86. The zero-order valence-electron chi connectivity index (χ0n) is 15.2. The first-order valence-corrected chi connectivity index (χ1v) is 10.4. The summed E-state index contributed by atoms with van der Waals surface area (Å²) in [5, 5.41) is 17.9. The third-order valence-electron chi connectivity index (χ3n) is 4.29. The molecule has 0 aliphatic heterocycles. The number of nitrogens with zero attached hydrogens (tertiary/aromatic N) is 5. The van der Waals surface area contributed by atoms with Crippen LogP contribution in [-0.2, 0) is 4.79 Å². The molecule has 8 nitrogen and oxygen atoms in total. The minimum Gasteiger partial charge on any atom is -0.483 e. The Morgan fingerprint density at radius 2 is 2.10 bits per heavy atom. The number of benzene rings is 2. The van der Waals surface area contributed by atoms with Gasteiger partial charge in [-0.15, -0.1) is 27.8 Å². The molecule has 3 aromatic heterocycles. The number of amides is 1. The predicted molar refractivity (Wildman–Crippen MR) is 113 cm³/mol. The standard InChI is InChI=1S/C19H14N6O2S2/c1-11-21-18-16(29-11)8-15(14-6-7-28-19(14)18)27-9-17(26)22-12-2-4-13(5-3-12)25-10-20-23-24-25/h2-8,10H,9H2,1H3,(H,22,26). The average molecular weight is 422 g/mol. The second-order valence-corrected chi connectivity index (χ2v) is 8.41. The Kier molecular flexibility index (Phi) is 4.41. The van der Waals surface area contributed by atoms with Crippen molar-refractivity contribution in [2.75, 3.05) is 11.9 Å². The summed E-state index contributed by atoms with van der Waals surface area (Å²) in [4.78, 5) is 17.0. The van der Waals surface area contributed by atoms with E-state index in [4.69, 9.17) is 4.74 Å². The molecule has 0 saturated carbocycles. The van der Waals surface area contributed by atoms with E-state index in [-0.39, 0.29) is 12.5 Å². The second kappa shape index (κ2) is 7.22. The monoisotopic (exact) mass is 422 g/mol. The number of tetrazole rings is 1. The van der Waals surface area contributed by atoms with Crippen molar-refractivity contribution in [2.24, 2.45) is 0 Å². The summed E-state index contributed by atoms with van der Waals surface area (Å²) in [6.45, 7) is 1.91. The van der Waals surface area contributed by atoms with E-state index in [2.05, 4.69) is 25.8 Å². The fraction of sp³-hybridized carbons (Fsp3) is 0.105. The largest absolute Gasteiger partial charge is 0.483 e. The molecule has 0 spiro atoms. The number of fused-ring (bicyclic) bond motifs is 3. The minimum absolute atomic E-state index is 0.0804. The van der Waals surface area contributed by atoms with Crippen molar-refractivity contribution in [1.29, 1.82) is 0 Å². The van der Waals surface area contributed by atoms with Gasteiger partial charge in [0.15, 0.2) is 6.61 Å². The number of carbonyl (C=O) groups is 1. The number of thiazole rings is 1. The number of carbonyl (C=O) groups excluding carboxylic acids is 1. The van der Waals surface area contributed by atoms with Crippen LogP contribution in [0.3, 0.4) is 0 Å². The van der Waals surface area contributed by atoms with Crippen molar-refractivity contribution in [3.05, 3.63) is 53.1 Å².